The molecular formula is C28H33FN4O4S. The Bertz CT molecular complexity index is 1300. The maximum Gasteiger partial charge on any atom is 0.251 e. The molecule has 38 heavy (non-hydrogen) atoms. The summed E-state index contributed by atoms with van der Waals surface area (Å²) in [5, 5.41) is 17.1. The van der Waals surface area contributed by atoms with Crippen molar-refractivity contribution >= 4 is 34.0 Å². The summed E-state index contributed by atoms with van der Waals surface area (Å²) in [6, 6.07) is 12.1. The molecule has 8 nitrogen and oxygen atoms in total. The van der Waals surface area contributed by atoms with E-state index in [0.29, 0.717) is 5.13 Å². The van der Waals surface area contributed by atoms with Gasteiger partial charge in [0.15, 0.2) is 5.13 Å². The molecule has 10 heteroatoms. The summed E-state index contributed by atoms with van der Waals surface area (Å²) < 4.78 is 20.1. The van der Waals surface area contributed by atoms with Gasteiger partial charge in [0.1, 0.15) is 5.82 Å². The lowest BCUT2D eigenvalue weighted by Crippen LogP contribution is -2.45. The Kier molecular flexibility index (Phi) is 8.44. The van der Waals surface area contributed by atoms with Gasteiger partial charge in [-0.25, -0.2) is 9.37 Å². The van der Waals surface area contributed by atoms with Crippen molar-refractivity contribution in [3.63, 3.8) is 0 Å². The largest absolute Gasteiger partial charge is 0.395 e. The maximum atomic E-state index is 14.2. The average Bonchev–Trinajstić information content (AvgIpc) is 3.35. The first kappa shape index (κ1) is 27.7. The number of morpholine rings is 1. The van der Waals surface area contributed by atoms with Crippen LogP contribution in [0.4, 0.5) is 15.2 Å². The van der Waals surface area contributed by atoms with Gasteiger partial charge in [-0.15, -0.1) is 11.3 Å². The monoisotopic (exact) mass is 540 g/mol. The highest BCUT2D eigenvalue weighted by atomic mass is 32.1. The fraction of sp³-hybridized carbons (Fsp3) is 0.393. The van der Waals surface area contributed by atoms with E-state index < -0.39 is 23.0 Å². The van der Waals surface area contributed by atoms with Gasteiger partial charge in [0.2, 0.25) is 5.91 Å². The zero-order chi connectivity index (χ0) is 27.4. The van der Waals surface area contributed by atoms with Gasteiger partial charge in [-0.1, -0.05) is 26.0 Å². The van der Waals surface area contributed by atoms with Crippen LogP contribution in [0.2, 0.25) is 0 Å². The van der Waals surface area contributed by atoms with Crippen LogP contribution in [0.15, 0.2) is 47.8 Å². The topological polar surface area (TPSA) is 104 Å². The lowest BCUT2D eigenvalue weighted by Gasteiger charge is -2.37. The normalized spacial score (nSPS) is 17.8. The number of carbonyl (C=O) groups excluding carboxylic acids is 2. The van der Waals surface area contributed by atoms with Gasteiger partial charge < -0.3 is 25.4 Å². The number of aliphatic hydroxyl groups is 1. The van der Waals surface area contributed by atoms with Gasteiger partial charge >= 0.3 is 0 Å². The number of amides is 2. The molecule has 1 saturated heterocycles. The summed E-state index contributed by atoms with van der Waals surface area (Å²) in [5.74, 6) is -1.45. The maximum absolute atomic E-state index is 14.2. The standard InChI is InChI=1S/C28H33FN4O4S/c1-17-13-33(14-18(2)37-17)21-7-5-6-19(10-21)24-15-38-27(31-24)32-25(35)12-30-26(36)20-8-9-23(29)22(11-20)28(3,4)16-34/h5-11,15,17-18,34H,12-14,16H2,1-4H3,(H,30,36)(H,31,32,35)/t17-,18+. The van der Waals surface area contributed by atoms with Crippen LogP contribution >= 0.6 is 11.3 Å². The second-order valence-corrected chi connectivity index (χ2v) is 11.1. The number of hydrogen-bond acceptors (Lipinski definition) is 7. The summed E-state index contributed by atoms with van der Waals surface area (Å²) >= 11 is 1.30. The molecule has 2 aromatic carbocycles. The highest BCUT2D eigenvalue weighted by Gasteiger charge is 2.25. The van der Waals surface area contributed by atoms with Gasteiger partial charge in [0.25, 0.3) is 5.91 Å². The van der Waals surface area contributed by atoms with Crippen LogP contribution in [0.25, 0.3) is 11.3 Å². The number of benzene rings is 2. The molecule has 4 rings (SSSR count). The first-order chi connectivity index (χ1) is 18.1. The third kappa shape index (κ3) is 6.56. The minimum atomic E-state index is -0.848. The Morgan fingerprint density at radius 1 is 1.18 bits per heavy atom. The van der Waals surface area contributed by atoms with Crippen molar-refractivity contribution in [2.24, 2.45) is 0 Å². The van der Waals surface area contributed by atoms with E-state index in [4.69, 9.17) is 4.74 Å². The summed E-state index contributed by atoms with van der Waals surface area (Å²) in [5.41, 5.74) is 2.37. The van der Waals surface area contributed by atoms with Crippen LogP contribution in [0.1, 0.15) is 43.6 Å². The highest BCUT2D eigenvalue weighted by Crippen LogP contribution is 2.29. The molecule has 202 valence electrons. The quantitative estimate of drug-likeness (QED) is 0.396. The smallest absolute Gasteiger partial charge is 0.251 e. The molecule has 1 fully saturated rings. The fourth-order valence-electron chi connectivity index (χ4n) is 4.41. The van der Waals surface area contributed by atoms with E-state index in [-0.39, 0.29) is 36.5 Å². The Hall–Kier alpha value is -3.34. The Morgan fingerprint density at radius 2 is 1.92 bits per heavy atom. The molecular weight excluding hydrogens is 507 g/mol. The van der Waals surface area contributed by atoms with Gasteiger partial charge in [-0.2, -0.15) is 0 Å². The average molecular weight is 541 g/mol. The molecule has 0 bridgehead atoms. The van der Waals surface area contributed by atoms with Gasteiger partial charge in [-0.3, -0.25) is 9.59 Å². The number of halogens is 1. The first-order valence-corrected chi connectivity index (χ1v) is 13.4. The van der Waals surface area contributed by atoms with Gasteiger partial charge in [0, 0.05) is 40.7 Å². The number of aromatic nitrogens is 1. The SMILES string of the molecule is C[C@@H]1CN(c2cccc(-c3csc(NC(=O)CNC(=O)c4ccc(F)c(C(C)(C)CO)c4)n3)c2)C[C@H](C)O1. The van der Waals surface area contributed by atoms with Crippen LogP contribution in [-0.2, 0) is 14.9 Å². The fourth-order valence-corrected chi connectivity index (χ4v) is 5.15. The van der Waals surface area contributed by atoms with Crippen LogP contribution in [0.3, 0.4) is 0 Å². The van der Waals surface area contributed by atoms with Crippen molar-refractivity contribution in [1.82, 2.24) is 10.3 Å². The van der Waals surface area contributed by atoms with E-state index in [2.05, 4.69) is 46.5 Å². The molecule has 0 aliphatic carbocycles. The molecule has 1 aliphatic heterocycles. The third-order valence-electron chi connectivity index (χ3n) is 6.44. The molecule has 2 heterocycles. The number of carbonyl (C=O) groups is 2. The molecule has 0 spiro atoms. The van der Waals surface area contributed by atoms with Crippen molar-refractivity contribution in [3.05, 3.63) is 64.8 Å². The molecule has 3 N–H and O–H groups in total. The van der Waals surface area contributed by atoms with Gasteiger partial charge in [-0.05, 0) is 49.7 Å². The number of nitrogens with zero attached hydrogens (tertiary/aromatic N) is 2. The van der Waals surface area contributed by atoms with Crippen LogP contribution < -0.4 is 15.5 Å². The van der Waals surface area contributed by atoms with E-state index in [0.717, 1.165) is 30.0 Å². The lowest BCUT2D eigenvalue weighted by molar-refractivity contribution is -0.115. The number of thiazole rings is 1. The molecule has 1 aliphatic rings. The number of anilines is 2. The van der Waals surface area contributed by atoms with Crippen LogP contribution in [0.5, 0.6) is 0 Å². The molecule has 1 aromatic heterocycles. The second kappa shape index (κ2) is 11.6. The highest BCUT2D eigenvalue weighted by molar-refractivity contribution is 7.14. The molecule has 2 atom stereocenters. The van der Waals surface area contributed by atoms with E-state index in [1.54, 1.807) is 13.8 Å². The Balaban J connectivity index is 1.36. The minimum absolute atomic E-state index is 0.154. The van der Waals surface area contributed by atoms with E-state index in [9.17, 15) is 19.1 Å². The summed E-state index contributed by atoms with van der Waals surface area (Å²) in [7, 11) is 0. The third-order valence-corrected chi connectivity index (χ3v) is 7.20. The number of rotatable bonds is 8. The molecule has 0 radical (unpaired) electrons. The van der Waals surface area contributed by atoms with Crippen LogP contribution in [0, 0.1) is 5.82 Å². The Morgan fingerprint density at radius 3 is 2.63 bits per heavy atom. The van der Waals surface area contributed by atoms with Crippen LogP contribution in [-0.4, -0.2) is 60.4 Å². The van der Waals surface area contributed by atoms with Gasteiger partial charge in [0.05, 0.1) is 31.1 Å². The molecule has 0 unspecified atom stereocenters. The first-order valence-electron chi connectivity index (χ1n) is 12.5. The van der Waals surface area contributed by atoms with Crippen molar-refractivity contribution < 1.29 is 23.8 Å². The number of aliphatic hydroxyl groups excluding tert-OH is 1. The predicted molar refractivity (Wildman–Crippen MR) is 147 cm³/mol. The number of hydrogen-bond donors (Lipinski definition) is 3. The van der Waals surface area contributed by atoms with Crippen molar-refractivity contribution in [3.8, 4) is 11.3 Å². The van der Waals surface area contributed by atoms with E-state index in [1.165, 1.54) is 29.5 Å². The summed E-state index contributed by atoms with van der Waals surface area (Å²) in [6.07, 6.45) is 0.308. The van der Waals surface area contributed by atoms with Crippen molar-refractivity contribution in [1.29, 1.82) is 0 Å². The molecule has 2 amide bonds. The number of nitrogens with one attached hydrogen (secondary N) is 2. The second-order valence-electron chi connectivity index (χ2n) is 10.2. The van der Waals surface area contributed by atoms with E-state index in [1.807, 2.05) is 17.5 Å². The lowest BCUT2D eigenvalue weighted by atomic mass is 9.84. The zero-order valence-corrected chi connectivity index (χ0v) is 22.8. The molecule has 3 aromatic rings. The van der Waals surface area contributed by atoms with Crippen molar-refractivity contribution in [2.75, 3.05) is 36.5 Å². The van der Waals surface area contributed by atoms with E-state index >= 15 is 0 Å². The van der Waals surface area contributed by atoms with Crippen molar-refractivity contribution in [2.45, 2.75) is 45.3 Å². The molecule has 0 saturated carbocycles. The number of ether oxygens (including phenoxy) is 1. The summed E-state index contributed by atoms with van der Waals surface area (Å²) in [4.78, 5) is 31.9. The predicted octanol–water partition coefficient (Wildman–Crippen LogP) is 4.20. The minimum Gasteiger partial charge on any atom is -0.395 e. The summed E-state index contributed by atoms with van der Waals surface area (Å²) in [6.45, 7) is 8.59. The Labute approximate surface area is 225 Å². The zero-order valence-electron chi connectivity index (χ0n) is 22.0.